The molecule has 4 nitrogen and oxygen atoms in total. The van der Waals surface area contributed by atoms with Crippen LogP contribution < -0.4 is 4.74 Å². The molecular formula is C27H39NO3. The maximum Gasteiger partial charge on any atom is 0.119 e. The Morgan fingerprint density at radius 1 is 0.968 bits per heavy atom. The van der Waals surface area contributed by atoms with Crippen molar-refractivity contribution in [2.24, 2.45) is 0 Å². The van der Waals surface area contributed by atoms with Gasteiger partial charge < -0.3 is 14.6 Å². The van der Waals surface area contributed by atoms with Crippen LogP contribution in [0, 0.1) is 0 Å². The van der Waals surface area contributed by atoms with Crippen LogP contribution in [0.4, 0.5) is 0 Å². The Hall–Kier alpha value is -1.88. The first kappa shape index (κ1) is 23.8. The van der Waals surface area contributed by atoms with Crippen molar-refractivity contribution in [1.29, 1.82) is 0 Å². The molecule has 0 unspecified atom stereocenters. The van der Waals surface area contributed by atoms with E-state index in [-0.39, 0.29) is 5.92 Å². The van der Waals surface area contributed by atoms with Crippen molar-refractivity contribution >= 4 is 0 Å². The molecule has 0 radical (unpaired) electrons. The Balaban J connectivity index is 1.85. The van der Waals surface area contributed by atoms with E-state index >= 15 is 0 Å². The summed E-state index contributed by atoms with van der Waals surface area (Å²) < 4.78 is 11.4. The number of benzene rings is 2. The van der Waals surface area contributed by atoms with Crippen molar-refractivity contribution in [1.82, 2.24) is 4.90 Å². The SMILES string of the molecule is CCCCCOc1ccc([C@@](O)(CCC)[C@@H](CN2CCOCC2)c2ccccc2)cc1. The van der Waals surface area contributed by atoms with Crippen LogP contribution in [0.3, 0.4) is 0 Å². The van der Waals surface area contributed by atoms with Crippen LogP contribution in [0.1, 0.15) is 63.0 Å². The molecule has 3 rings (SSSR count). The van der Waals surface area contributed by atoms with Gasteiger partial charge >= 0.3 is 0 Å². The Morgan fingerprint density at radius 3 is 2.32 bits per heavy atom. The van der Waals surface area contributed by atoms with Gasteiger partial charge in [0.15, 0.2) is 0 Å². The van der Waals surface area contributed by atoms with Crippen LogP contribution in [-0.2, 0) is 10.3 Å². The van der Waals surface area contributed by atoms with Crippen molar-refractivity contribution in [3.63, 3.8) is 0 Å². The van der Waals surface area contributed by atoms with E-state index in [1.54, 1.807) is 0 Å². The first-order valence-electron chi connectivity index (χ1n) is 12.0. The van der Waals surface area contributed by atoms with Gasteiger partial charge in [-0.05, 0) is 36.1 Å². The highest BCUT2D eigenvalue weighted by atomic mass is 16.5. The molecule has 31 heavy (non-hydrogen) atoms. The minimum Gasteiger partial charge on any atom is -0.494 e. The summed E-state index contributed by atoms with van der Waals surface area (Å²) in [5, 5.41) is 12.2. The molecule has 4 heteroatoms. The molecule has 0 aromatic heterocycles. The summed E-state index contributed by atoms with van der Waals surface area (Å²) in [5.74, 6) is 0.867. The number of hydrogen-bond acceptors (Lipinski definition) is 4. The molecule has 1 N–H and O–H groups in total. The average molecular weight is 426 g/mol. The number of rotatable bonds is 12. The highest BCUT2D eigenvalue weighted by Gasteiger charge is 2.39. The summed E-state index contributed by atoms with van der Waals surface area (Å²) >= 11 is 0. The van der Waals surface area contributed by atoms with Gasteiger partial charge in [0.1, 0.15) is 5.75 Å². The van der Waals surface area contributed by atoms with Gasteiger partial charge in [-0.3, -0.25) is 4.90 Å². The van der Waals surface area contributed by atoms with E-state index in [2.05, 4.69) is 55.1 Å². The lowest BCUT2D eigenvalue weighted by Gasteiger charge is -2.41. The fourth-order valence-electron chi connectivity index (χ4n) is 4.54. The van der Waals surface area contributed by atoms with E-state index < -0.39 is 5.60 Å². The molecule has 1 aliphatic rings. The maximum atomic E-state index is 12.2. The zero-order valence-corrected chi connectivity index (χ0v) is 19.3. The lowest BCUT2D eigenvalue weighted by atomic mass is 9.74. The Morgan fingerprint density at radius 2 is 1.68 bits per heavy atom. The van der Waals surface area contributed by atoms with Crippen LogP contribution in [-0.4, -0.2) is 49.5 Å². The third-order valence-electron chi connectivity index (χ3n) is 6.32. The van der Waals surface area contributed by atoms with Gasteiger partial charge in [0.05, 0.1) is 25.4 Å². The third kappa shape index (κ3) is 6.55. The van der Waals surface area contributed by atoms with E-state index in [4.69, 9.17) is 9.47 Å². The fourth-order valence-corrected chi connectivity index (χ4v) is 4.54. The summed E-state index contributed by atoms with van der Waals surface area (Å²) in [6, 6.07) is 18.6. The predicted molar refractivity (Wildman–Crippen MR) is 127 cm³/mol. The molecule has 0 saturated carbocycles. The molecule has 0 aliphatic carbocycles. The summed E-state index contributed by atoms with van der Waals surface area (Å²) in [4.78, 5) is 2.42. The normalized spacial score (nSPS) is 17.8. The molecule has 1 saturated heterocycles. The van der Waals surface area contributed by atoms with Gasteiger partial charge in [-0.15, -0.1) is 0 Å². The first-order valence-corrected chi connectivity index (χ1v) is 12.0. The number of morpholine rings is 1. The summed E-state index contributed by atoms with van der Waals surface area (Å²) in [6.07, 6.45) is 5.09. The molecule has 2 atom stereocenters. The van der Waals surface area contributed by atoms with Crippen molar-refractivity contribution in [3.8, 4) is 5.75 Å². The molecule has 0 amide bonds. The second-order valence-corrected chi connectivity index (χ2v) is 8.63. The minimum atomic E-state index is -0.935. The highest BCUT2D eigenvalue weighted by molar-refractivity contribution is 5.35. The van der Waals surface area contributed by atoms with Gasteiger partial charge in [-0.1, -0.05) is 75.6 Å². The Kier molecular flexibility index (Phi) is 9.38. The van der Waals surface area contributed by atoms with E-state index in [1.807, 2.05) is 18.2 Å². The topological polar surface area (TPSA) is 41.9 Å². The molecule has 1 aliphatic heterocycles. The van der Waals surface area contributed by atoms with Crippen molar-refractivity contribution in [2.45, 2.75) is 57.5 Å². The monoisotopic (exact) mass is 425 g/mol. The summed E-state index contributed by atoms with van der Waals surface area (Å²) in [6.45, 7) is 9.26. The van der Waals surface area contributed by atoms with E-state index in [0.29, 0.717) is 6.42 Å². The first-order chi connectivity index (χ1) is 15.2. The summed E-state index contributed by atoms with van der Waals surface area (Å²) in [7, 11) is 0. The minimum absolute atomic E-state index is 0.0110. The van der Waals surface area contributed by atoms with Crippen LogP contribution in [0.25, 0.3) is 0 Å². The third-order valence-corrected chi connectivity index (χ3v) is 6.32. The lowest BCUT2D eigenvalue weighted by molar-refractivity contribution is -0.0285. The van der Waals surface area contributed by atoms with Gasteiger partial charge in [0.2, 0.25) is 0 Å². The smallest absolute Gasteiger partial charge is 0.119 e. The molecule has 2 aromatic rings. The van der Waals surface area contributed by atoms with Gasteiger partial charge in [0.25, 0.3) is 0 Å². The van der Waals surface area contributed by atoms with E-state index in [9.17, 15) is 5.11 Å². The molecule has 0 spiro atoms. The largest absolute Gasteiger partial charge is 0.494 e. The molecule has 1 fully saturated rings. The van der Waals surface area contributed by atoms with Crippen LogP contribution in [0.5, 0.6) is 5.75 Å². The number of hydrogen-bond donors (Lipinski definition) is 1. The van der Waals surface area contributed by atoms with Crippen molar-refractivity contribution < 1.29 is 14.6 Å². The van der Waals surface area contributed by atoms with Crippen LogP contribution in [0.15, 0.2) is 54.6 Å². The predicted octanol–water partition coefficient (Wildman–Crippen LogP) is 5.36. The second kappa shape index (κ2) is 12.2. The number of ether oxygens (including phenoxy) is 2. The quantitative estimate of drug-likeness (QED) is 0.465. The average Bonchev–Trinajstić information content (AvgIpc) is 2.82. The van der Waals surface area contributed by atoms with Crippen molar-refractivity contribution in [3.05, 3.63) is 65.7 Å². The maximum absolute atomic E-state index is 12.2. The lowest BCUT2D eigenvalue weighted by Crippen LogP contribution is -2.45. The second-order valence-electron chi connectivity index (χ2n) is 8.63. The molecule has 2 aromatic carbocycles. The molecule has 0 bridgehead atoms. The molecular weight excluding hydrogens is 386 g/mol. The van der Waals surface area contributed by atoms with Crippen LogP contribution >= 0.6 is 0 Å². The number of unbranched alkanes of at least 4 members (excludes halogenated alkanes) is 2. The van der Waals surface area contributed by atoms with E-state index in [1.165, 1.54) is 18.4 Å². The number of nitrogens with zero attached hydrogens (tertiary/aromatic N) is 1. The van der Waals surface area contributed by atoms with Gasteiger partial charge in [-0.25, -0.2) is 0 Å². The Labute approximate surface area is 188 Å². The zero-order chi connectivity index (χ0) is 21.9. The highest BCUT2D eigenvalue weighted by Crippen LogP contribution is 2.42. The van der Waals surface area contributed by atoms with Crippen molar-refractivity contribution in [2.75, 3.05) is 39.5 Å². The van der Waals surface area contributed by atoms with E-state index in [0.717, 1.165) is 63.6 Å². The standard InChI is InChI=1S/C27H39NO3/c1-3-5-9-19-31-25-14-12-24(13-15-25)27(29,16-4-2)26(23-10-7-6-8-11-23)22-28-17-20-30-21-18-28/h6-8,10-15,26,29H,3-5,9,16-22H2,1-2H3/t26-,27-/m0/s1. The van der Waals surface area contributed by atoms with Gasteiger partial charge in [0, 0.05) is 25.6 Å². The molecule has 1 heterocycles. The van der Waals surface area contributed by atoms with Gasteiger partial charge in [-0.2, -0.15) is 0 Å². The summed E-state index contributed by atoms with van der Waals surface area (Å²) in [5.41, 5.74) is 1.22. The Bertz CT molecular complexity index is 743. The number of aliphatic hydroxyl groups is 1. The van der Waals surface area contributed by atoms with Crippen LogP contribution in [0.2, 0.25) is 0 Å². The molecule has 170 valence electrons. The fraction of sp³-hybridized carbons (Fsp3) is 0.556. The zero-order valence-electron chi connectivity index (χ0n) is 19.3.